The third-order valence-electron chi connectivity index (χ3n) is 4.34. The fourth-order valence-corrected chi connectivity index (χ4v) is 3.05. The monoisotopic (exact) mass is 290 g/mol. The van der Waals surface area contributed by atoms with Gasteiger partial charge in [-0.3, -0.25) is 0 Å². The lowest BCUT2D eigenvalue weighted by Gasteiger charge is -2.23. The Morgan fingerprint density at radius 1 is 1.19 bits per heavy atom. The number of hydrogen-bond donors (Lipinski definition) is 1. The molecule has 0 amide bonds. The second-order valence-electron chi connectivity index (χ2n) is 6.00. The summed E-state index contributed by atoms with van der Waals surface area (Å²) in [5, 5.41) is 3.34. The van der Waals surface area contributed by atoms with Crippen molar-refractivity contribution >= 4 is 11.6 Å². The van der Waals surface area contributed by atoms with E-state index in [-0.39, 0.29) is 0 Å². The van der Waals surface area contributed by atoms with Crippen LogP contribution in [0.25, 0.3) is 0 Å². The highest BCUT2D eigenvalue weighted by Crippen LogP contribution is 2.24. The van der Waals surface area contributed by atoms with Crippen LogP contribution >= 0.6 is 0 Å². The summed E-state index contributed by atoms with van der Waals surface area (Å²) in [5.41, 5.74) is 0. The van der Waals surface area contributed by atoms with Crippen LogP contribution in [0, 0.1) is 5.92 Å². The van der Waals surface area contributed by atoms with Gasteiger partial charge in [0.15, 0.2) is 0 Å². The summed E-state index contributed by atoms with van der Waals surface area (Å²) < 4.78 is 0. The fraction of sp³-hybridized carbons (Fsp3) is 0.765. The molecule has 1 fully saturated rings. The van der Waals surface area contributed by atoms with Gasteiger partial charge in [-0.25, -0.2) is 9.97 Å². The summed E-state index contributed by atoms with van der Waals surface area (Å²) in [6.45, 7) is 9.77. The summed E-state index contributed by atoms with van der Waals surface area (Å²) in [5.74, 6) is 3.95. The molecule has 4 nitrogen and oxygen atoms in total. The Morgan fingerprint density at radius 3 is 2.76 bits per heavy atom. The van der Waals surface area contributed by atoms with E-state index in [9.17, 15) is 0 Å². The molecule has 1 unspecified atom stereocenters. The van der Waals surface area contributed by atoms with Gasteiger partial charge >= 0.3 is 0 Å². The lowest BCUT2D eigenvalue weighted by atomic mass is 9.98. The SMILES string of the molecule is CCCc1nc(NCC)cc(N2CCCC(CC)CC2)n1. The number of hydrogen-bond acceptors (Lipinski definition) is 4. The minimum absolute atomic E-state index is 0.889. The number of nitrogens with zero attached hydrogens (tertiary/aromatic N) is 3. The van der Waals surface area contributed by atoms with Crippen LogP contribution in [0.15, 0.2) is 6.07 Å². The zero-order chi connectivity index (χ0) is 15.1. The molecule has 0 saturated carbocycles. The largest absolute Gasteiger partial charge is 0.370 e. The van der Waals surface area contributed by atoms with Gasteiger partial charge in [-0.05, 0) is 38.5 Å². The molecule has 2 heterocycles. The number of nitrogens with one attached hydrogen (secondary N) is 1. The predicted octanol–water partition coefficient (Wildman–Crippen LogP) is 3.88. The van der Waals surface area contributed by atoms with Gasteiger partial charge in [0, 0.05) is 32.1 Å². The maximum absolute atomic E-state index is 4.80. The summed E-state index contributed by atoms with van der Waals surface area (Å²) in [7, 11) is 0. The average molecular weight is 290 g/mol. The zero-order valence-electron chi connectivity index (χ0n) is 13.9. The van der Waals surface area contributed by atoms with Gasteiger partial charge in [-0.2, -0.15) is 0 Å². The number of aryl methyl sites for hydroxylation is 1. The molecule has 0 aromatic carbocycles. The molecule has 0 spiro atoms. The molecule has 4 heteroatoms. The molecule has 0 aliphatic carbocycles. The lowest BCUT2D eigenvalue weighted by Crippen LogP contribution is -2.26. The molecule has 1 aromatic rings. The first-order valence-electron chi connectivity index (χ1n) is 8.63. The molecule has 1 aliphatic heterocycles. The van der Waals surface area contributed by atoms with Gasteiger partial charge in [-0.15, -0.1) is 0 Å². The third-order valence-corrected chi connectivity index (χ3v) is 4.34. The van der Waals surface area contributed by atoms with Crippen molar-refractivity contribution in [2.75, 3.05) is 29.9 Å². The maximum Gasteiger partial charge on any atom is 0.134 e. The quantitative estimate of drug-likeness (QED) is 0.863. The molecule has 2 rings (SSSR count). The fourth-order valence-electron chi connectivity index (χ4n) is 3.05. The van der Waals surface area contributed by atoms with Gasteiger partial charge in [0.1, 0.15) is 17.5 Å². The van der Waals surface area contributed by atoms with Crippen LogP contribution in [-0.4, -0.2) is 29.6 Å². The van der Waals surface area contributed by atoms with Crippen LogP contribution in [0.5, 0.6) is 0 Å². The Kier molecular flexibility index (Phi) is 6.27. The van der Waals surface area contributed by atoms with Crippen molar-refractivity contribution in [3.63, 3.8) is 0 Å². The van der Waals surface area contributed by atoms with Crippen molar-refractivity contribution in [2.24, 2.45) is 5.92 Å². The molecule has 1 aliphatic rings. The van der Waals surface area contributed by atoms with Gasteiger partial charge in [-0.1, -0.05) is 20.3 Å². The van der Waals surface area contributed by atoms with E-state index in [1.54, 1.807) is 0 Å². The van der Waals surface area contributed by atoms with Crippen LogP contribution in [0.4, 0.5) is 11.6 Å². The minimum Gasteiger partial charge on any atom is -0.370 e. The van der Waals surface area contributed by atoms with Gasteiger partial charge < -0.3 is 10.2 Å². The third kappa shape index (κ3) is 4.58. The van der Waals surface area contributed by atoms with E-state index in [0.717, 1.165) is 55.9 Å². The van der Waals surface area contributed by atoms with Crippen LogP contribution in [0.1, 0.15) is 58.7 Å². The van der Waals surface area contributed by atoms with Crippen molar-refractivity contribution < 1.29 is 0 Å². The van der Waals surface area contributed by atoms with Crippen LogP contribution in [-0.2, 0) is 6.42 Å². The van der Waals surface area contributed by atoms with E-state index in [2.05, 4.69) is 42.0 Å². The first kappa shape index (κ1) is 16.1. The first-order valence-corrected chi connectivity index (χ1v) is 8.63. The van der Waals surface area contributed by atoms with E-state index < -0.39 is 0 Å². The minimum atomic E-state index is 0.889. The van der Waals surface area contributed by atoms with E-state index in [1.807, 2.05) is 0 Å². The summed E-state index contributed by atoms with van der Waals surface area (Å²) in [6, 6.07) is 2.12. The van der Waals surface area contributed by atoms with Gasteiger partial charge in [0.2, 0.25) is 0 Å². The van der Waals surface area contributed by atoms with E-state index in [1.165, 1.54) is 25.7 Å². The molecule has 21 heavy (non-hydrogen) atoms. The topological polar surface area (TPSA) is 41.1 Å². The van der Waals surface area contributed by atoms with E-state index >= 15 is 0 Å². The van der Waals surface area contributed by atoms with Crippen molar-refractivity contribution in [1.82, 2.24) is 9.97 Å². The second kappa shape index (κ2) is 8.20. The summed E-state index contributed by atoms with van der Waals surface area (Å²) in [6.07, 6.45) is 7.29. The molecule has 1 aromatic heterocycles. The molecule has 0 bridgehead atoms. The normalized spacial score (nSPS) is 19.4. The smallest absolute Gasteiger partial charge is 0.134 e. The number of aromatic nitrogens is 2. The number of rotatable bonds is 6. The van der Waals surface area contributed by atoms with Crippen LogP contribution in [0.3, 0.4) is 0 Å². The second-order valence-corrected chi connectivity index (χ2v) is 6.00. The Hall–Kier alpha value is -1.32. The molecule has 1 saturated heterocycles. The van der Waals surface area contributed by atoms with E-state index in [4.69, 9.17) is 4.98 Å². The van der Waals surface area contributed by atoms with Gasteiger partial charge in [0.25, 0.3) is 0 Å². The first-order chi connectivity index (χ1) is 10.3. The Bertz CT molecular complexity index is 409. The average Bonchev–Trinajstić information content (AvgIpc) is 2.73. The Balaban J connectivity index is 2.16. The Labute approximate surface area is 129 Å². The maximum atomic E-state index is 4.80. The van der Waals surface area contributed by atoms with Crippen molar-refractivity contribution in [1.29, 1.82) is 0 Å². The van der Waals surface area contributed by atoms with Crippen molar-refractivity contribution in [3.8, 4) is 0 Å². The highest BCUT2D eigenvalue weighted by Gasteiger charge is 2.18. The molecular weight excluding hydrogens is 260 g/mol. The number of anilines is 2. The summed E-state index contributed by atoms with van der Waals surface area (Å²) in [4.78, 5) is 11.9. The predicted molar refractivity (Wildman–Crippen MR) is 90.0 cm³/mol. The van der Waals surface area contributed by atoms with Crippen molar-refractivity contribution in [2.45, 2.75) is 59.3 Å². The van der Waals surface area contributed by atoms with E-state index in [0.29, 0.717) is 0 Å². The lowest BCUT2D eigenvalue weighted by molar-refractivity contribution is 0.459. The molecule has 118 valence electrons. The molecular formula is C17H30N4. The van der Waals surface area contributed by atoms with Crippen molar-refractivity contribution in [3.05, 3.63) is 11.9 Å². The van der Waals surface area contributed by atoms with Gasteiger partial charge in [0.05, 0.1) is 0 Å². The molecule has 1 atom stereocenters. The van der Waals surface area contributed by atoms with Crippen LogP contribution in [0.2, 0.25) is 0 Å². The summed E-state index contributed by atoms with van der Waals surface area (Å²) >= 11 is 0. The highest BCUT2D eigenvalue weighted by molar-refractivity contribution is 5.49. The standard InChI is InChI=1S/C17H30N4/c1-4-8-15-19-16(18-6-3)13-17(20-15)21-11-7-9-14(5-2)10-12-21/h13-14H,4-12H2,1-3H3,(H,18,19,20). The molecule has 1 N–H and O–H groups in total. The highest BCUT2D eigenvalue weighted by atomic mass is 15.2. The Morgan fingerprint density at radius 2 is 2.05 bits per heavy atom. The molecule has 0 radical (unpaired) electrons. The van der Waals surface area contributed by atoms with Crippen LogP contribution < -0.4 is 10.2 Å². The zero-order valence-corrected chi connectivity index (χ0v) is 13.9.